The van der Waals surface area contributed by atoms with E-state index >= 15 is 0 Å². The van der Waals surface area contributed by atoms with Crippen LogP contribution in [-0.4, -0.2) is 32.7 Å². The SMILES string of the molecule is O=[N+]([O-])O.OB(O)O. The normalized spacial score (nSPS) is 6.38. The molecule has 0 saturated carbocycles. The molecule has 0 aliphatic heterocycles. The third kappa shape index (κ3) is 121. The highest BCUT2D eigenvalue weighted by atomic mass is 16.9. The summed E-state index contributed by atoms with van der Waals surface area (Å²) in [7, 11) is -2.17. The lowest BCUT2D eigenvalue weighted by Gasteiger charge is -1.69. The molecule has 0 unspecified atom stereocenters. The highest BCUT2D eigenvalue weighted by Gasteiger charge is 1.92. The Labute approximate surface area is 44.1 Å². The first-order valence-corrected chi connectivity index (χ1v) is 1.34. The molecule has 4 N–H and O–H groups in total. The number of nitrogens with zero attached hydrogens (tertiary/aromatic N) is 1. The van der Waals surface area contributed by atoms with Crippen LogP contribution in [0, 0.1) is 10.1 Å². The van der Waals surface area contributed by atoms with Gasteiger partial charge in [0.15, 0.2) is 0 Å². The molecule has 0 aromatic heterocycles. The zero-order valence-corrected chi connectivity index (χ0v) is 3.63. The van der Waals surface area contributed by atoms with E-state index in [9.17, 15) is 0 Å². The summed E-state index contributed by atoms with van der Waals surface area (Å²) in [6.45, 7) is 0. The lowest BCUT2D eigenvalue weighted by molar-refractivity contribution is -0.742. The molecule has 8 heteroatoms. The van der Waals surface area contributed by atoms with Crippen LogP contribution in [0.3, 0.4) is 0 Å². The predicted octanol–water partition coefficient (Wildman–Crippen LogP) is -2.40. The van der Waals surface area contributed by atoms with Gasteiger partial charge in [-0.1, -0.05) is 0 Å². The zero-order valence-electron chi connectivity index (χ0n) is 3.63. The second kappa shape index (κ2) is 6.14. The summed E-state index contributed by atoms with van der Waals surface area (Å²) in [4.78, 5) is 8.36. The summed E-state index contributed by atoms with van der Waals surface area (Å²) in [5, 5.41) is 35.1. The highest BCUT2D eigenvalue weighted by Crippen LogP contribution is 1.40. The topological polar surface area (TPSA) is 124 Å². The Morgan fingerprint density at radius 3 is 1.38 bits per heavy atom. The lowest BCUT2D eigenvalue weighted by atomic mass is 10.3. The molecule has 0 aliphatic rings. The molecule has 0 aromatic rings. The summed E-state index contributed by atoms with van der Waals surface area (Å²) in [6, 6.07) is 0. The van der Waals surface area contributed by atoms with E-state index in [1.54, 1.807) is 0 Å². The van der Waals surface area contributed by atoms with E-state index in [-0.39, 0.29) is 0 Å². The molecule has 0 aliphatic carbocycles. The molecule has 0 saturated heterocycles. The van der Waals surface area contributed by atoms with E-state index in [1.165, 1.54) is 0 Å². The fourth-order valence-electron chi connectivity index (χ4n) is 0. The first-order valence-electron chi connectivity index (χ1n) is 1.34. The Bertz CT molecular complexity index is 52.8. The molecule has 7 nitrogen and oxygen atoms in total. The van der Waals surface area contributed by atoms with Gasteiger partial charge in [-0.2, -0.15) is 0 Å². The molecule has 8 heavy (non-hydrogen) atoms. The van der Waals surface area contributed by atoms with Crippen LogP contribution in [-0.2, 0) is 0 Å². The van der Waals surface area contributed by atoms with Gasteiger partial charge in [-0.15, -0.1) is 10.1 Å². The molecule has 0 bridgehead atoms. The Morgan fingerprint density at radius 2 is 1.38 bits per heavy atom. The van der Waals surface area contributed by atoms with Gasteiger partial charge in [0.2, 0.25) is 0 Å². The van der Waals surface area contributed by atoms with Crippen molar-refractivity contribution < 1.29 is 25.4 Å². The Balaban J connectivity index is 0. The molecule has 0 atom stereocenters. The van der Waals surface area contributed by atoms with Gasteiger partial charge in [-0.3, -0.25) is 0 Å². The van der Waals surface area contributed by atoms with Crippen molar-refractivity contribution in [2.75, 3.05) is 0 Å². The van der Waals surface area contributed by atoms with Crippen LogP contribution >= 0.6 is 0 Å². The number of hydrogen-bond acceptors (Lipinski definition) is 5. The minimum Gasteiger partial charge on any atom is -0.402 e. The molecule has 0 rings (SSSR count). The van der Waals surface area contributed by atoms with Crippen molar-refractivity contribution in [2.24, 2.45) is 0 Å². The first-order chi connectivity index (χ1) is 3.46. The maximum atomic E-state index is 8.36. The maximum Gasteiger partial charge on any atom is 0.631 e. The zero-order chi connectivity index (χ0) is 7.15. The van der Waals surface area contributed by atoms with Crippen molar-refractivity contribution in [3.8, 4) is 0 Å². The smallest absolute Gasteiger partial charge is 0.402 e. The second-order valence-electron chi connectivity index (χ2n) is 0.584. The molecule has 0 amide bonds. The minimum absolute atomic E-state index is 1.50. The van der Waals surface area contributed by atoms with Crippen molar-refractivity contribution in [3.05, 3.63) is 10.1 Å². The molecule has 0 radical (unpaired) electrons. The fourth-order valence-corrected chi connectivity index (χ4v) is 0. The standard InChI is InChI=1S/BH3O3.HNO3/c2*2-1(3)4/h2-4H;(H,2,3,4). The van der Waals surface area contributed by atoms with Crippen LogP contribution in [0.25, 0.3) is 0 Å². The van der Waals surface area contributed by atoms with Crippen LogP contribution in [0.4, 0.5) is 0 Å². The van der Waals surface area contributed by atoms with Crippen molar-refractivity contribution in [1.29, 1.82) is 0 Å². The summed E-state index contributed by atoms with van der Waals surface area (Å²) >= 11 is 0. The van der Waals surface area contributed by atoms with Crippen LogP contribution in [0.1, 0.15) is 0 Å². The van der Waals surface area contributed by atoms with Crippen molar-refractivity contribution >= 4 is 7.32 Å². The second-order valence-corrected chi connectivity index (χ2v) is 0.584. The Hall–Kier alpha value is -0.855. The van der Waals surface area contributed by atoms with E-state index in [1.807, 2.05) is 0 Å². The van der Waals surface area contributed by atoms with E-state index < -0.39 is 12.4 Å². The van der Waals surface area contributed by atoms with E-state index in [0.29, 0.717) is 0 Å². The van der Waals surface area contributed by atoms with Gasteiger partial charge in [-0.25, -0.2) is 0 Å². The van der Waals surface area contributed by atoms with E-state index in [0.717, 1.165) is 0 Å². The summed E-state index contributed by atoms with van der Waals surface area (Å²) < 4.78 is 0. The number of rotatable bonds is 0. The third-order valence-electron chi connectivity index (χ3n) is 0. The van der Waals surface area contributed by atoms with Gasteiger partial charge in [0.1, 0.15) is 0 Å². The molecule has 0 heterocycles. The quantitative estimate of drug-likeness (QED) is 0.162. The molecule has 0 fully saturated rings. The van der Waals surface area contributed by atoms with Crippen molar-refractivity contribution in [3.63, 3.8) is 0 Å². The Morgan fingerprint density at radius 1 is 1.38 bits per heavy atom. The molecular formula is H4BNO6. The van der Waals surface area contributed by atoms with Crippen LogP contribution < -0.4 is 0 Å². The van der Waals surface area contributed by atoms with E-state index in [2.05, 4.69) is 0 Å². The summed E-state index contributed by atoms with van der Waals surface area (Å²) in [5.74, 6) is 0. The average Bonchev–Trinajstić information content (AvgIpc) is 1.25. The van der Waals surface area contributed by atoms with Gasteiger partial charge < -0.3 is 20.3 Å². The largest absolute Gasteiger partial charge is 0.631 e. The number of hydrogen-bond donors (Lipinski definition) is 4. The fraction of sp³-hybridized carbons (Fsp3) is 0. The van der Waals surface area contributed by atoms with Gasteiger partial charge in [0.05, 0.1) is 0 Å². The van der Waals surface area contributed by atoms with Gasteiger partial charge in [0.25, 0.3) is 5.09 Å². The summed E-state index contributed by atoms with van der Waals surface area (Å²) in [5.41, 5.74) is 0. The third-order valence-corrected chi connectivity index (χ3v) is 0. The van der Waals surface area contributed by atoms with Gasteiger partial charge >= 0.3 is 7.32 Å². The van der Waals surface area contributed by atoms with Crippen molar-refractivity contribution in [1.82, 2.24) is 0 Å². The van der Waals surface area contributed by atoms with Crippen LogP contribution in [0.2, 0.25) is 0 Å². The molecule has 0 spiro atoms. The summed E-state index contributed by atoms with van der Waals surface area (Å²) in [6.07, 6.45) is 0. The predicted molar refractivity (Wildman–Crippen MR) is 21.2 cm³/mol. The minimum atomic E-state index is -2.17. The van der Waals surface area contributed by atoms with Gasteiger partial charge in [-0.05, 0) is 0 Å². The van der Waals surface area contributed by atoms with Crippen LogP contribution in [0.15, 0.2) is 0 Å². The average molecular weight is 125 g/mol. The first kappa shape index (κ1) is 10.2. The van der Waals surface area contributed by atoms with E-state index in [4.69, 9.17) is 30.4 Å². The maximum absolute atomic E-state index is 8.36. The van der Waals surface area contributed by atoms with Crippen LogP contribution in [0.5, 0.6) is 0 Å². The van der Waals surface area contributed by atoms with Crippen molar-refractivity contribution in [2.45, 2.75) is 0 Å². The molecular weight excluding hydrogens is 121 g/mol. The highest BCUT2D eigenvalue weighted by molar-refractivity contribution is 6.30. The monoisotopic (exact) mass is 125 g/mol. The lowest BCUT2D eigenvalue weighted by Crippen LogP contribution is -2.07. The molecule has 0 aromatic carbocycles. The Kier molecular flexibility index (Phi) is 7.83. The van der Waals surface area contributed by atoms with Gasteiger partial charge in [0, 0.05) is 0 Å². The molecule has 48 valence electrons.